The third-order valence-electron chi connectivity index (χ3n) is 10.6. The van der Waals surface area contributed by atoms with Gasteiger partial charge in [0.2, 0.25) is 0 Å². The van der Waals surface area contributed by atoms with Crippen molar-refractivity contribution in [2.75, 3.05) is 0 Å². The Kier molecular flexibility index (Phi) is 27.8. The van der Waals surface area contributed by atoms with E-state index in [1.165, 1.54) is 47.4 Å². The molecule has 0 aliphatic carbocycles. The van der Waals surface area contributed by atoms with E-state index < -0.39 is 32.8 Å². The molecule has 0 aliphatic rings. The molecule has 0 atom stereocenters. The number of aryl methyl sites for hydroxylation is 6. The molecule has 0 saturated carbocycles. The van der Waals surface area contributed by atoms with Gasteiger partial charge in [0.1, 0.15) is 0 Å². The molecule has 6 nitrogen and oxygen atoms in total. The van der Waals surface area contributed by atoms with Crippen LogP contribution in [-0.4, -0.2) is 60.4 Å². The van der Waals surface area contributed by atoms with E-state index in [1.54, 1.807) is 0 Å². The summed E-state index contributed by atoms with van der Waals surface area (Å²) in [4.78, 5) is 11.3. The zero-order chi connectivity index (χ0) is 46.7. The van der Waals surface area contributed by atoms with Gasteiger partial charge in [-0.2, -0.15) is 0 Å². The molecule has 0 aliphatic heterocycles. The lowest BCUT2D eigenvalue weighted by Gasteiger charge is -2.29. The van der Waals surface area contributed by atoms with Crippen LogP contribution in [0.2, 0.25) is 82.1 Å². The summed E-state index contributed by atoms with van der Waals surface area (Å²) >= 11 is 0. The molecule has 6 aromatic rings. The predicted molar refractivity (Wildman–Crippen MR) is 288 cm³/mol. The van der Waals surface area contributed by atoms with Crippen LogP contribution in [0.4, 0.5) is 0 Å². The van der Waals surface area contributed by atoms with Gasteiger partial charge >= 0.3 is 0 Å². The van der Waals surface area contributed by atoms with Crippen LogP contribution < -0.4 is 0 Å². The number of nitrogens with zero attached hydrogens (tertiary/aromatic N) is 5. The van der Waals surface area contributed by atoms with Gasteiger partial charge in [0.05, 0.1) is 0 Å². The van der Waals surface area contributed by atoms with Gasteiger partial charge in [0, 0.05) is 46.1 Å². The molecule has 344 valence electrons. The average Bonchev–Trinajstić information content (AvgIpc) is 4.03. The van der Waals surface area contributed by atoms with Crippen LogP contribution in [0.15, 0.2) is 122 Å². The molecule has 0 amide bonds. The largest absolute Gasteiger partial charge is 0.381 e. The maximum Gasteiger partial charge on any atom is 0.160 e. The second-order valence-corrected chi connectivity index (χ2v) is 39.8. The molecule has 0 radical (unpaired) electrons. The number of H-pyrrole nitrogens is 1. The Morgan fingerprint density at radius 1 is 0.443 bits per heavy atom. The van der Waals surface area contributed by atoms with Crippen LogP contribution in [0.3, 0.4) is 0 Å². The van der Waals surface area contributed by atoms with Crippen LogP contribution in [0, 0.1) is 41.5 Å². The molecule has 6 heterocycles. The second-order valence-electron chi connectivity index (χ2n) is 18.8. The van der Waals surface area contributed by atoms with E-state index in [2.05, 4.69) is 209 Å². The molecular formula is C51H94N6Si4. The van der Waals surface area contributed by atoms with Crippen molar-refractivity contribution in [1.82, 2.24) is 27.6 Å². The summed E-state index contributed by atoms with van der Waals surface area (Å²) in [6, 6.07) is 32.8. The molecule has 0 unspecified atom stereocenters. The van der Waals surface area contributed by atoms with Crippen LogP contribution in [-0.2, 0) is 0 Å². The lowest BCUT2D eigenvalue weighted by molar-refractivity contribution is 1.01. The van der Waals surface area contributed by atoms with Gasteiger partial charge in [0.25, 0.3) is 0 Å². The lowest BCUT2D eigenvalue weighted by Crippen LogP contribution is -2.40. The van der Waals surface area contributed by atoms with E-state index in [9.17, 15) is 0 Å². The summed E-state index contributed by atoms with van der Waals surface area (Å²) in [5.41, 5.74) is 7.07. The first-order valence-electron chi connectivity index (χ1n) is 22.9. The van der Waals surface area contributed by atoms with E-state index in [0.29, 0.717) is 0 Å². The molecule has 1 N–H and O–H groups in total. The number of nitrogens with one attached hydrogen (secondary N) is 1. The van der Waals surface area contributed by atoms with Gasteiger partial charge in [-0.3, -0.25) is 9.97 Å². The van der Waals surface area contributed by atoms with Gasteiger partial charge in [-0.25, -0.2) is 0 Å². The Balaban J connectivity index is -0.000000678. The highest BCUT2D eigenvalue weighted by Gasteiger charge is 2.29. The monoisotopic (exact) mass is 903 g/mol. The van der Waals surface area contributed by atoms with E-state index in [-0.39, 0.29) is 2.85 Å². The molecule has 0 saturated heterocycles. The molecular weight excluding hydrogens is 809 g/mol. The smallest absolute Gasteiger partial charge is 0.160 e. The molecule has 6 rings (SSSR count). The maximum atomic E-state index is 4.23. The van der Waals surface area contributed by atoms with E-state index in [1.807, 2.05) is 70.4 Å². The first-order chi connectivity index (χ1) is 28.5. The highest BCUT2D eigenvalue weighted by atomic mass is 28.3. The number of rotatable bonds is 9. The number of aromatic amines is 1. The van der Waals surface area contributed by atoms with Gasteiger partial charge in [-0.1, -0.05) is 93.4 Å². The normalized spacial score (nSPS) is 10.9. The molecule has 61 heavy (non-hydrogen) atoms. The Bertz CT molecular complexity index is 1810. The fourth-order valence-corrected chi connectivity index (χ4v) is 14.8. The highest BCUT2D eigenvalue weighted by Crippen LogP contribution is 2.24. The van der Waals surface area contributed by atoms with Gasteiger partial charge in [-0.15, -0.1) is 0 Å². The van der Waals surface area contributed by atoms with Crippen molar-refractivity contribution < 1.29 is 2.85 Å². The van der Waals surface area contributed by atoms with Crippen molar-refractivity contribution in [3.8, 4) is 0 Å². The van der Waals surface area contributed by atoms with E-state index in [0.717, 1.165) is 22.8 Å². The Morgan fingerprint density at radius 3 is 1.05 bits per heavy atom. The number of pyridine rings is 2. The van der Waals surface area contributed by atoms with E-state index >= 15 is 0 Å². The van der Waals surface area contributed by atoms with E-state index in [4.69, 9.17) is 0 Å². The standard InChI is InChI=1S/C11H21NSi.C10H19NSi.C8H11N.C7H13NSi.C7H9N.C4H5N.C4H12Si.2H2/c1-5-13(6-2,7-3)12-9-8-11(4)10-12;1-4-12(5-2,6-3)11-9-7-8-10-11;1-6-4-7(2)9-8(3)5-6;1-9(2,3)8-6-4-5-7-8;1-6-4-3-5-7(2)8-6;1-2-4-5-3-1;1-5(2,3)4;;/h8-10H,5-7H2,1-4H3;7-10H,4-6H2,1-3H3;4-5H,1-3H3;4-7H,1-3H3;3-5H,1-2H3;1-5H;1-4H3;2*1H. The van der Waals surface area contributed by atoms with Crippen molar-refractivity contribution in [2.24, 2.45) is 0 Å². The number of aromatic nitrogens is 6. The zero-order valence-electron chi connectivity index (χ0n) is 42.5. The fourth-order valence-electron chi connectivity index (χ4n) is 6.83. The Labute approximate surface area is 383 Å². The van der Waals surface area contributed by atoms with Crippen molar-refractivity contribution in [1.29, 1.82) is 0 Å². The van der Waals surface area contributed by atoms with Crippen LogP contribution in [0.25, 0.3) is 0 Å². The first-order valence-corrected chi connectivity index (χ1v) is 35.4. The van der Waals surface area contributed by atoms with Crippen molar-refractivity contribution >= 4 is 32.8 Å². The number of hydrogen-bond acceptors (Lipinski definition) is 2. The van der Waals surface area contributed by atoms with Gasteiger partial charge < -0.3 is 17.7 Å². The summed E-state index contributed by atoms with van der Waals surface area (Å²) in [6.07, 6.45) is 17.1. The lowest BCUT2D eigenvalue weighted by atomic mass is 10.2. The van der Waals surface area contributed by atoms with Crippen LogP contribution >= 0.6 is 0 Å². The summed E-state index contributed by atoms with van der Waals surface area (Å²) in [5.74, 6) is 0. The molecule has 0 aromatic carbocycles. The van der Waals surface area contributed by atoms with Crippen molar-refractivity contribution in [3.63, 3.8) is 0 Å². The summed E-state index contributed by atoms with van der Waals surface area (Å²) in [7, 11) is -3.96. The second kappa shape index (κ2) is 29.6. The highest BCUT2D eigenvalue weighted by molar-refractivity contribution is 6.78. The summed E-state index contributed by atoms with van der Waals surface area (Å²) < 4.78 is 7.35. The average molecular weight is 904 g/mol. The first kappa shape index (κ1) is 57.3. The third-order valence-corrected chi connectivity index (χ3v) is 23.1. The van der Waals surface area contributed by atoms with Gasteiger partial charge in [-0.05, 0) is 193 Å². The Morgan fingerprint density at radius 2 is 0.803 bits per heavy atom. The number of hydrogen-bond donors (Lipinski definition) is 1. The minimum absolute atomic E-state index is 0. The molecule has 0 bridgehead atoms. The zero-order valence-corrected chi connectivity index (χ0v) is 46.5. The fraction of sp³-hybridized carbons (Fsp3) is 0.490. The SMILES string of the molecule is CC[Si](CC)(CC)n1ccc(C)c1.CC[Si](CC)(CC)n1cccc1.C[Si](C)(C)C.C[Si](C)(C)n1cccc1.Cc1cc(C)nc(C)c1.Cc1cccc(C)n1.[HH].[HH].c1cc[nH]c1. The molecule has 6 aromatic heterocycles. The minimum atomic E-state index is -1.16. The molecule has 0 spiro atoms. The third kappa shape index (κ3) is 24.5. The molecule has 10 heteroatoms. The van der Waals surface area contributed by atoms with Crippen LogP contribution in [0.5, 0.6) is 0 Å². The minimum Gasteiger partial charge on any atom is -0.381 e. The molecule has 0 fully saturated rings. The summed E-state index contributed by atoms with van der Waals surface area (Å²) in [5, 5.41) is 0. The Hall–Kier alpha value is -3.71. The predicted octanol–water partition coefficient (Wildman–Crippen LogP) is 16.3. The van der Waals surface area contributed by atoms with Crippen molar-refractivity contribution in [3.05, 3.63) is 156 Å². The topological polar surface area (TPSA) is 56.4 Å². The van der Waals surface area contributed by atoms with Crippen LogP contribution in [0.1, 0.15) is 78.3 Å². The maximum absolute atomic E-state index is 4.23. The van der Waals surface area contributed by atoms with Crippen molar-refractivity contribution in [2.45, 2.75) is 165 Å². The van der Waals surface area contributed by atoms with Gasteiger partial charge in [0.15, 0.2) is 24.7 Å². The summed E-state index contributed by atoms with van der Waals surface area (Å²) in [6.45, 7) is 42.6. The quantitative estimate of drug-likeness (QED) is 0.147.